The molecule has 0 aliphatic carbocycles. The fraction of sp³-hybridized carbons (Fsp3) is 0.571. The minimum Gasteiger partial charge on any atom is -0.314 e. The van der Waals surface area contributed by atoms with Gasteiger partial charge in [-0.1, -0.05) is 30.7 Å². The topological polar surface area (TPSA) is 12.0 Å². The summed E-state index contributed by atoms with van der Waals surface area (Å²) in [4.78, 5) is 0. The molecule has 0 fully saturated rings. The van der Waals surface area contributed by atoms with Crippen LogP contribution in [-0.4, -0.2) is 24.6 Å². The number of nitrogens with one attached hydrogen (secondary N) is 1. The molecule has 1 N–H and O–H groups in total. The number of hydrogen-bond acceptors (Lipinski definition) is 2. The molecule has 1 unspecified atom stereocenters. The van der Waals surface area contributed by atoms with Gasteiger partial charge in [0.25, 0.3) is 0 Å². The van der Waals surface area contributed by atoms with Crippen molar-refractivity contribution in [2.75, 3.05) is 18.6 Å². The zero-order chi connectivity index (χ0) is 12.5. The lowest BCUT2D eigenvalue weighted by atomic mass is 10.0. The molecule has 0 saturated carbocycles. The molecule has 0 aromatic heterocycles. The van der Waals surface area contributed by atoms with Crippen molar-refractivity contribution in [3.05, 3.63) is 34.9 Å². The molecule has 0 aliphatic heterocycles. The molecule has 1 atom stereocenters. The molecule has 1 rings (SSSR count). The molecule has 3 heteroatoms. The van der Waals surface area contributed by atoms with Crippen molar-refractivity contribution < 1.29 is 0 Å². The molecule has 0 spiro atoms. The van der Waals surface area contributed by atoms with Gasteiger partial charge in [-0.15, -0.1) is 0 Å². The highest BCUT2D eigenvalue weighted by Gasteiger charge is 2.08. The van der Waals surface area contributed by atoms with Crippen LogP contribution in [0, 0.1) is 0 Å². The van der Waals surface area contributed by atoms with Crippen LogP contribution in [0.3, 0.4) is 0 Å². The molecule has 0 radical (unpaired) electrons. The Kier molecular flexibility index (Phi) is 7.74. The van der Waals surface area contributed by atoms with Crippen molar-refractivity contribution in [2.45, 2.75) is 32.2 Å². The van der Waals surface area contributed by atoms with Crippen LogP contribution in [0.4, 0.5) is 0 Å². The van der Waals surface area contributed by atoms with Crippen molar-refractivity contribution in [2.24, 2.45) is 0 Å². The van der Waals surface area contributed by atoms with Crippen LogP contribution in [0.15, 0.2) is 24.3 Å². The van der Waals surface area contributed by atoms with E-state index in [9.17, 15) is 0 Å². The SMILES string of the molecule is CCCNC(CCSC)Cc1cccc(Cl)c1. The predicted octanol–water partition coefficient (Wildman–Crippen LogP) is 4.00. The Labute approximate surface area is 114 Å². The number of halogens is 1. The first-order chi connectivity index (χ1) is 8.26. The van der Waals surface area contributed by atoms with Gasteiger partial charge in [-0.25, -0.2) is 0 Å². The van der Waals surface area contributed by atoms with E-state index in [1.807, 2.05) is 23.9 Å². The molecule has 0 amide bonds. The summed E-state index contributed by atoms with van der Waals surface area (Å²) >= 11 is 7.92. The zero-order valence-electron chi connectivity index (χ0n) is 10.7. The molecule has 1 aromatic rings. The molecular weight excluding hydrogens is 250 g/mol. The van der Waals surface area contributed by atoms with Gasteiger partial charge >= 0.3 is 0 Å². The van der Waals surface area contributed by atoms with E-state index in [0.29, 0.717) is 6.04 Å². The minimum atomic E-state index is 0.570. The van der Waals surface area contributed by atoms with E-state index < -0.39 is 0 Å². The Morgan fingerprint density at radius 2 is 2.24 bits per heavy atom. The second-order valence-electron chi connectivity index (χ2n) is 4.27. The van der Waals surface area contributed by atoms with Crippen molar-refractivity contribution in [3.63, 3.8) is 0 Å². The summed E-state index contributed by atoms with van der Waals surface area (Å²) in [7, 11) is 0. The minimum absolute atomic E-state index is 0.570. The van der Waals surface area contributed by atoms with Gasteiger partial charge in [0, 0.05) is 11.1 Å². The number of rotatable bonds is 8. The summed E-state index contributed by atoms with van der Waals surface area (Å²) < 4.78 is 0. The number of hydrogen-bond donors (Lipinski definition) is 1. The van der Waals surface area contributed by atoms with Crippen LogP contribution in [0.5, 0.6) is 0 Å². The van der Waals surface area contributed by atoms with Gasteiger partial charge in [-0.3, -0.25) is 0 Å². The quantitative estimate of drug-likeness (QED) is 0.767. The van der Waals surface area contributed by atoms with E-state index in [0.717, 1.165) is 18.0 Å². The van der Waals surface area contributed by atoms with Crippen LogP contribution in [0.2, 0.25) is 5.02 Å². The van der Waals surface area contributed by atoms with Crippen LogP contribution >= 0.6 is 23.4 Å². The fourth-order valence-corrected chi connectivity index (χ4v) is 2.57. The van der Waals surface area contributed by atoms with Gasteiger partial charge in [0.15, 0.2) is 0 Å². The predicted molar refractivity (Wildman–Crippen MR) is 80.2 cm³/mol. The Morgan fingerprint density at radius 1 is 1.41 bits per heavy atom. The van der Waals surface area contributed by atoms with Gasteiger partial charge in [-0.05, 0) is 55.5 Å². The summed E-state index contributed by atoms with van der Waals surface area (Å²) in [6, 6.07) is 8.76. The fourth-order valence-electron chi connectivity index (χ4n) is 1.83. The number of benzene rings is 1. The van der Waals surface area contributed by atoms with Gasteiger partial charge in [-0.2, -0.15) is 11.8 Å². The van der Waals surface area contributed by atoms with Crippen LogP contribution < -0.4 is 5.32 Å². The molecule has 96 valence electrons. The third-order valence-corrected chi connectivity index (χ3v) is 3.60. The summed E-state index contributed by atoms with van der Waals surface area (Å²) in [6.45, 7) is 3.30. The first kappa shape index (κ1) is 14.9. The highest BCUT2D eigenvalue weighted by Crippen LogP contribution is 2.14. The van der Waals surface area contributed by atoms with Gasteiger partial charge < -0.3 is 5.32 Å². The molecule has 0 saturated heterocycles. The average Bonchev–Trinajstić information content (AvgIpc) is 2.32. The first-order valence-corrected chi connectivity index (χ1v) is 8.00. The molecule has 17 heavy (non-hydrogen) atoms. The van der Waals surface area contributed by atoms with E-state index >= 15 is 0 Å². The van der Waals surface area contributed by atoms with E-state index in [2.05, 4.69) is 30.6 Å². The van der Waals surface area contributed by atoms with Gasteiger partial charge in [0.05, 0.1) is 0 Å². The van der Waals surface area contributed by atoms with E-state index in [-0.39, 0.29) is 0 Å². The molecule has 0 bridgehead atoms. The molecule has 1 nitrogen and oxygen atoms in total. The van der Waals surface area contributed by atoms with Gasteiger partial charge in [0.2, 0.25) is 0 Å². The van der Waals surface area contributed by atoms with E-state index in [1.54, 1.807) is 0 Å². The van der Waals surface area contributed by atoms with Crippen molar-refractivity contribution >= 4 is 23.4 Å². The van der Waals surface area contributed by atoms with Crippen molar-refractivity contribution in [1.82, 2.24) is 5.32 Å². The van der Waals surface area contributed by atoms with Crippen molar-refractivity contribution in [1.29, 1.82) is 0 Å². The lowest BCUT2D eigenvalue weighted by Gasteiger charge is -2.18. The molecular formula is C14H22ClNS. The lowest BCUT2D eigenvalue weighted by Crippen LogP contribution is -2.32. The summed E-state index contributed by atoms with van der Waals surface area (Å²) in [6.07, 6.45) is 5.64. The highest BCUT2D eigenvalue weighted by atomic mass is 35.5. The maximum atomic E-state index is 6.01. The highest BCUT2D eigenvalue weighted by molar-refractivity contribution is 7.98. The molecule has 0 heterocycles. The van der Waals surface area contributed by atoms with Crippen LogP contribution in [0.1, 0.15) is 25.3 Å². The Hall–Kier alpha value is -0.180. The lowest BCUT2D eigenvalue weighted by molar-refractivity contribution is 0.497. The number of thioether (sulfide) groups is 1. The average molecular weight is 272 g/mol. The van der Waals surface area contributed by atoms with E-state index in [4.69, 9.17) is 11.6 Å². The Bertz CT molecular complexity index is 309. The van der Waals surface area contributed by atoms with Gasteiger partial charge in [0.1, 0.15) is 0 Å². The second kappa shape index (κ2) is 8.84. The third kappa shape index (κ3) is 6.35. The first-order valence-electron chi connectivity index (χ1n) is 6.23. The summed E-state index contributed by atoms with van der Waals surface area (Å²) in [5.74, 6) is 1.21. The maximum Gasteiger partial charge on any atom is 0.0408 e. The molecule has 1 aromatic carbocycles. The molecule has 0 aliphatic rings. The van der Waals surface area contributed by atoms with Crippen LogP contribution in [-0.2, 0) is 6.42 Å². The summed E-state index contributed by atoms with van der Waals surface area (Å²) in [5, 5.41) is 4.45. The maximum absolute atomic E-state index is 6.01. The summed E-state index contributed by atoms with van der Waals surface area (Å²) in [5.41, 5.74) is 1.33. The van der Waals surface area contributed by atoms with Crippen molar-refractivity contribution in [3.8, 4) is 0 Å². The van der Waals surface area contributed by atoms with E-state index in [1.165, 1.54) is 24.2 Å². The largest absolute Gasteiger partial charge is 0.314 e. The monoisotopic (exact) mass is 271 g/mol. The van der Waals surface area contributed by atoms with Crippen LogP contribution in [0.25, 0.3) is 0 Å². The zero-order valence-corrected chi connectivity index (χ0v) is 12.3. The standard InChI is InChI=1S/C14H22ClNS/c1-3-8-16-14(7-9-17-2)11-12-5-4-6-13(15)10-12/h4-6,10,14,16H,3,7-9,11H2,1-2H3. The second-order valence-corrected chi connectivity index (χ2v) is 5.69. The Morgan fingerprint density at radius 3 is 2.88 bits per heavy atom. The third-order valence-electron chi connectivity index (χ3n) is 2.72. The smallest absolute Gasteiger partial charge is 0.0408 e. The normalized spacial score (nSPS) is 12.6. The Balaban J connectivity index is 2.51.